The van der Waals surface area contributed by atoms with Crippen molar-refractivity contribution in [2.75, 3.05) is 16.3 Å². The molecule has 2 rings (SSSR count). The Morgan fingerprint density at radius 3 is 2.78 bits per heavy atom. The van der Waals surface area contributed by atoms with Gasteiger partial charge in [0.25, 0.3) is 0 Å². The van der Waals surface area contributed by atoms with Crippen molar-refractivity contribution in [3.05, 3.63) is 40.8 Å². The van der Waals surface area contributed by atoms with Crippen molar-refractivity contribution < 1.29 is 8.42 Å². The Morgan fingerprint density at radius 2 is 2.11 bits per heavy atom. The molecule has 0 spiro atoms. The highest BCUT2D eigenvalue weighted by Crippen LogP contribution is 2.16. The van der Waals surface area contributed by atoms with Crippen LogP contribution >= 0.6 is 11.3 Å². The van der Waals surface area contributed by atoms with E-state index < -0.39 is 10.0 Å². The van der Waals surface area contributed by atoms with Crippen molar-refractivity contribution in [1.82, 2.24) is 4.98 Å². The zero-order chi connectivity index (χ0) is 13.0. The normalized spacial score (nSPS) is 11.2. The first kappa shape index (κ1) is 12.8. The zero-order valence-corrected chi connectivity index (χ0v) is 11.4. The predicted molar refractivity (Wildman–Crippen MR) is 74.3 cm³/mol. The predicted octanol–water partition coefficient (Wildman–Crippen LogP) is 2.13. The molecule has 0 amide bonds. The van der Waals surface area contributed by atoms with E-state index in [1.54, 1.807) is 35.0 Å². The molecule has 0 atom stereocenters. The fraction of sp³-hybridized carbons (Fsp3) is 0.182. The Bertz CT molecular complexity index is 609. The second-order valence-electron chi connectivity index (χ2n) is 3.79. The lowest BCUT2D eigenvalue weighted by Crippen LogP contribution is -2.09. The molecule has 7 heteroatoms. The average molecular weight is 283 g/mol. The first-order chi connectivity index (χ1) is 8.53. The van der Waals surface area contributed by atoms with Crippen molar-refractivity contribution in [3.63, 3.8) is 0 Å². The Kier molecular flexibility index (Phi) is 3.83. The zero-order valence-electron chi connectivity index (χ0n) is 9.75. The number of benzene rings is 1. The fourth-order valence-corrected chi connectivity index (χ4v) is 2.54. The number of nitrogens with one attached hydrogen (secondary N) is 2. The van der Waals surface area contributed by atoms with Gasteiger partial charge in [-0.05, 0) is 18.2 Å². The summed E-state index contributed by atoms with van der Waals surface area (Å²) in [6.45, 7) is 0.617. The maximum atomic E-state index is 11.1. The van der Waals surface area contributed by atoms with Crippen LogP contribution in [0.25, 0.3) is 0 Å². The van der Waals surface area contributed by atoms with E-state index >= 15 is 0 Å². The molecule has 0 unspecified atom stereocenters. The molecule has 5 nitrogen and oxygen atoms in total. The molecule has 0 radical (unpaired) electrons. The van der Waals surface area contributed by atoms with E-state index in [4.69, 9.17) is 0 Å². The molecule has 1 aromatic heterocycles. The molecular formula is C11H13N3O2S2. The molecule has 0 fully saturated rings. The van der Waals surface area contributed by atoms with Crippen molar-refractivity contribution in [3.8, 4) is 0 Å². The fourth-order valence-electron chi connectivity index (χ4n) is 1.42. The van der Waals surface area contributed by atoms with Gasteiger partial charge in [0.05, 0.1) is 29.7 Å². The summed E-state index contributed by atoms with van der Waals surface area (Å²) in [6.07, 6.45) is 1.13. The topological polar surface area (TPSA) is 71.1 Å². The monoisotopic (exact) mass is 283 g/mol. The molecule has 1 heterocycles. The van der Waals surface area contributed by atoms with E-state index in [2.05, 4.69) is 15.0 Å². The second kappa shape index (κ2) is 5.36. The first-order valence-electron chi connectivity index (χ1n) is 5.22. The van der Waals surface area contributed by atoms with Crippen molar-refractivity contribution in [2.24, 2.45) is 0 Å². The summed E-state index contributed by atoms with van der Waals surface area (Å²) in [4.78, 5) is 4.16. The van der Waals surface area contributed by atoms with Crippen LogP contribution < -0.4 is 10.0 Å². The van der Waals surface area contributed by atoms with Gasteiger partial charge in [-0.3, -0.25) is 4.72 Å². The van der Waals surface area contributed by atoms with Crippen LogP contribution in [0.5, 0.6) is 0 Å². The molecule has 96 valence electrons. The van der Waals surface area contributed by atoms with Crippen LogP contribution in [0.2, 0.25) is 0 Å². The van der Waals surface area contributed by atoms with E-state index in [9.17, 15) is 8.42 Å². The Morgan fingerprint density at radius 1 is 1.33 bits per heavy atom. The molecule has 1 aromatic carbocycles. The Hall–Kier alpha value is -1.60. The van der Waals surface area contributed by atoms with Gasteiger partial charge in [0.15, 0.2) is 0 Å². The maximum absolute atomic E-state index is 11.1. The third-order valence-corrected chi connectivity index (χ3v) is 3.36. The smallest absolute Gasteiger partial charge is 0.229 e. The lowest BCUT2D eigenvalue weighted by molar-refractivity contribution is 0.607. The summed E-state index contributed by atoms with van der Waals surface area (Å²) in [5, 5.41) is 5.15. The molecule has 0 aliphatic heterocycles. The first-order valence-corrected chi connectivity index (χ1v) is 8.05. The number of rotatable bonds is 5. The largest absolute Gasteiger partial charge is 0.379 e. The van der Waals surface area contributed by atoms with Gasteiger partial charge in [-0.25, -0.2) is 13.4 Å². The molecule has 0 bridgehead atoms. The molecule has 18 heavy (non-hydrogen) atoms. The third-order valence-electron chi connectivity index (χ3n) is 2.12. The summed E-state index contributed by atoms with van der Waals surface area (Å²) in [5.74, 6) is 0. The van der Waals surface area contributed by atoms with Crippen molar-refractivity contribution in [2.45, 2.75) is 6.54 Å². The summed E-state index contributed by atoms with van der Waals surface area (Å²) in [7, 11) is -3.24. The van der Waals surface area contributed by atoms with E-state index in [1.807, 2.05) is 11.4 Å². The Labute approximate surface area is 110 Å². The standard InChI is InChI=1S/C11H13N3O2S2/c1-18(15,16)14-10-4-2-3-9(5-10)12-6-11-7-17-8-13-11/h2-5,7-8,12,14H,6H2,1H3. The average Bonchev–Trinajstić information content (AvgIpc) is 2.77. The highest BCUT2D eigenvalue weighted by molar-refractivity contribution is 7.92. The van der Waals surface area contributed by atoms with Gasteiger partial charge in [-0.1, -0.05) is 6.07 Å². The van der Waals surface area contributed by atoms with E-state index in [-0.39, 0.29) is 0 Å². The van der Waals surface area contributed by atoms with E-state index in [0.29, 0.717) is 12.2 Å². The highest BCUT2D eigenvalue weighted by Gasteiger charge is 2.02. The van der Waals surface area contributed by atoms with Crippen LogP contribution in [0.3, 0.4) is 0 Å². The summed E-state index contributed by atoms with van der Waals surface area (Å²) in [5.41, 5.74) is 4.12. The minimum Gasteiger partial charge on any atom is -0.379 e. The van der Waals surface area contributed by atoms with Gasteiger partial charge >= 0.3 is 0 Å². The SMILES string of the molecule is CS(=O)(=O)Nc1cccc(NCc2cscn2)c1. The number of hydrogen-bond donors (Lipinski definition) is 2. The minimum atomic E-state index is -3.24. The van der Waals surface area contributed by atoms with Crippen molar-refractivity contribution in [1.29, 1.82) is 0 Å². The summed E-state index contributed by atoms with van der Waals surface area (Å²) >= 11 is 1.54. The van der Waals surface area contributed by atoms with Crippen LogP contribution in [-0.4, -0.2) is 19.7 Å². The van der Waals surface area contributed by atoms with Gasteiger partial charge in [-0.15, -0.1) is 11.3 Å². The van der Waals surface area contributed by atoms with E-state index in [1.165, 1.54) is 0 Å². The van der Waals surface area contributed by atoms with Gasteiger partial charge in [0.1, 0.15) is 0 Å². The van der Waals surface area contributed by atoms with Crippen LogP contribution in [-0.2, 0) is 16.6 Å². The van der Waals surface area contributed by atoms with E-state index in [0.717, 1.165) is 17.6 Å². The maximum Gasteiger partial charge on any atom is 0.229 e. The quantitative estimate of drug-likeness (QED) is 0.882. The second-order valence-corrected chi connectivity index (χ2v) is 6.26. The van der Waals surface area contributed by atoms with Crippen molar-refractivity contribution >= 4 is 32.7 Å². The molecule has 0 saturated carbocycles. The third kappa shape index (κ3) is 4.01. The number of aromatic nitrogens is 1. The number of anilines is 2. The molecule has 0 aliphatic rings. The number of hydrogen-bond acceptors (Lipinski definition) is 5. The van der Waals surface area contributed by atoms with Gasteiger partial charge in [-0.2, -0.15) is 0 Å². The highest BCUT2D eigenvalue weighted by atomic mass is 32.2. The van der Waals surface area contributed by atoms with Crippen LogP contribution in [0.4, 0.5) is 11.4 Å². The molecule has 2 N–H and O–H groups in total. The molecule has 2 aromatic rings. The number of sulfonamides is 1. The minimum absolute atomic E-state index is 0.542. The summed E-state index contributed by atoms with van der Waals surface area (Å²) in [6, 6.07) is 7.11. The van der Waals surface area contributed by atoms with Crippen LogP contribution in [0.15, 0.2) is 35.2 Å². The lowest BCUT2D eigenvalue weighted by Gasteiger charge is -2.08. The Balaban J connectivity index is 2.03. The molecular weight excluding hydrogens is 270 g/mol. The van der Waals surface area contributed by atoms with Gasteiger partial charge < -0.3 is 5.32 Å². The molecule has 0 aliphatic carbocycles. The lowest BCUT2D eigenvalue weighted by atomic mass is 10.3. The number of thiazole rings is 1. The molecule has 0 saturated heterocycles. The van der Waals surface area contributed by atoms with Crippen LogP contribution in [0, 0.1) is 0 Å². The summed E-state index contributed by atoms with van der Waals surface area (Å²) < 4.78 is 24.7. The number of nitrogens with zero attached hydrogens (tertiary/aromatic N) is 1. The van der Waals surface area contributed by atoms with Gasteiger partial charge in [0.2, 0.25) is 10.0 Å². The van der Waals surface area contributed by atoms with Crippen LogP contribution in [0.1, 0.15) is 5.69 Å². The van der Waals surface area contributed by atoms with Gasteiger partial charge in [0, 0.05) is 11.1 Å².